The van der Waals surface area contributed by atoms with E-state index < -0.39 is 0 Å². The van der Waals surface area contributed by atoms with E-state index in [1.165, 1.54) is 6.07 Å². The van der Waals surface area contributed by atoms with Crippen LogP contribution >= 0.6 is 0 Å². The second-order valence-electron chi connectivity index (χ2n) is 7.74. The standard InChI is InChI=1S/C23H24FN5O3/c1-16-14-17(5-6-19(16)24)23-26-20(32-27-23)7-8-21(30)28-10-12-29(13-11-28)22(31)15-18-4-2-3-9-25-18/h2-6,9,14H,7-8,10-13,15H2,1H3. The number of benzene rings is 1. The number of carbonyl (C=O) groups is 2. The van der Waals surface area contributed by atoms with Crippen molar-refractivity contribution in [1.29, 1.82) is 0 Å². The highest BCUT2D eigenvalue weighted by molar-refractivity contribution is 5.79. The first-order valence-corrected chi connectivity index (χ1v) is 10.5. The molecule has 0 bridgehead atoms. The van der Waals surface area contributed by atoms with Crippen molar-refractivity contribution < 1.29 is 18.5 Å². The molecule has 0 atom stereocenters. The fourth-order valence-corrected chi connectivity index (χ4v) is 3.60. The number of hydrogen-bond donors (Lipinski definition) is 0. The van der Waals surface area contributed by atoms with Gasteiger partial charge in [0, 0.05) is 56.5 Å². The van der Waals surface area contributed by atoms with E-state index in [2.05, 4.69) is 15.1 Å². The fraction of sp³-hybridized carbons (Fsp3) is 0.348. The minimum atomic E-state index is -0.290. The number of pyridine rings is 1. The summed E-state index contributed by atoms with van der Waals surface area (Å²) in [7, 11) is 0. The lowest BCUT2D eigenvalue weighted by Crippen LogP contribution is -2.51. The molecule has 1 aromatic carbocycles. The van der Waals surface area contributed by atoms with Crippen LogP contribution in [0, 0.1) is 12.7 Å². The van der Waals surface area contributed by atoms with E-state index in [-0.39, 0.29) is 30.5 Å². The van der Waals surface area contributed by atoms with Crippen molar-refractivity contribution in [1.82, 2.24) is 24.9 Å². The monoisotopic (exact) mass is 437 g/mol. The third-order valence-corrected chi connectivity index (χ3v) is 5.48. The number of carbonyl (C=O) groups excluding carboxylic acids is 2. The molecule has 0 radical (unpaired) electrons. The molecule has 32 heavy (non-hydrogen) atoms. The van der Waals surface area contributed by atoms with E-state index in [0.29, 0.717) is 55.4 Å². The van der Waals surface area contributed by atoms with Crippen molar-refractivity contribution in [3.8, 4) is 11.4 Å². The zero-order chi connectivity index (χ0) is 22.5. The Kier molecular flexibility index (Phi) is 6.53. The first kappa shape index (κ1) is 21.6. The molecule has 0 saturated carbocycles. The van der Waals surface area contributed by atoms with Crippen LogP contribution < -0.4 is 0 Å². The second-order valence-corrected chi connectivity index (χ2v) is 7.74. The lowest BCUT2D eigenvalue weighted by atomic mass is 10.1. The molecule has 166 valence electrons. The van der Waals surface area contributed by atoms with E-state index in [1.54, 1.807) is 35.1 Å². The summed E-state index contributed by atoms with van der Waals surface area (Å²) in [6.45, 7) is 3.68. The lowest BCUT2D eigenvalue weighted by Gasteiger charge is -2.34. The van der Waals surface area contributed by atoms with Crippen molar-refractivity contribution in [2.75, 3.05) is 26.2 Å². The van der Waals surface area contributed by atoms with Gasteiger partial charge in [-0.05, 0) is 42.8 Å². The van der Waals surface area contributed by atoms with E-state index in [1.807, 2.05) is 18.2 Å². The average molecular weight is 437 g/mol. The Hall–Kier alpha value is -3.62. The zero-order valence-corrected chi connectivity index (χ0v) is 17.8. The number of piperazine rings is 1. The first-order valence-electron chi connectivity index (χ1n) is 10.5. The molecule has 1 saturated heterocycles. The number of halogens is 1. The lowest BCUT2D eigenvalue weighted by molar-refractivity contribution is -0.139. The number of amides is 2. The van der Waals surface area contributed by atoms with Crippen LogP contribution in [0.4, 0.5) is 4.39 Å². The molecular weight excluding hydrogens is 413 g/mol. The molecule has 0 N–H and O–H groups in total. The molecule has 1 aliphatic heterocycles. The highest BCUT2D eigenvalue weighted by atomic mass is 19.1. The Morgan fingerprint density at radius 2 is 1.81 bits per heavy atom. The minimum absolute atomic E-state index is 0.0146. The maximum Gasteiger partial charge on any atom is 0.228 e. The Bertz CT molecular complexity index is 1090. The van der Waals surface area contributed by atoms with Gasteiger partial charge < -0.3 is 14.3 Å². The average Bonchev–Trinajstić information content (AvgIpc) is 3.29. The number of aromatic nitrogens is 3. The van der Waals surface area contributed by atoms with Crippen molar-refractivity contribution in [2.45, 2.75) is 26.2 Å². The molecule has 8 nitrogen and oxygen atoms in total. The maximum absolute atomic E-state index is 13.4. The van der Waals surface area contributed by atoms with Crippen LogP contribution in [-0.4, -0.2) is 62.9 Å². The Balaban J connectivity index is 1.24. The number of aryl methyl sites for hydroxylation is 2. The summed E-state index contributed by atoms with van der Waals surface area (Å²) < 4.78 is 18.7. The molecule has 3 aromatic rings. The summed E-state index contributed by atoms with van der Waals surface area (Å²) in [5.41, 5.74) is 1.91. The second kappa shape index (κ2) is 9.67. The first-order chi connectivity index (χ1) is 15.5. The predicted molar refractivity (Wildman–Crippen MR) is 114 cm³/mol. The van der Waals surface area contributed by atoms with E-state index in [0.717, 1.165) is 5.69 Å². The van der Waals surface area contributed by atoms with Crippen LogP contribution in [0.15, 0.2) is 47.1 Å². The van der Waals surface area contributed by atoms with Gasteiger partial charge >= 0.3 is 0 Å². The third kappa shape index (κ3) is 5.16. The highest BCUT2D eigenvalue weighted by Crippen LogP contribution is 2.19. The molecule has 4 rings (SSSR count). The van der Waals surface area contributed by atoms with Gasteiger partial charge in [0.1, 0.15) is 5.82 Å². The van der Waals surface area contributed by atoms with Crippen molar-refractivity contribution in [2.24, 2.45) is 0 Å². The van der Waals surface area contributed by atoms with Gasteiger partial charge in [0.25, 0.3) is 0 Å². The molecule has 1 fully saturated rings. The summed E-state index contributed by atoms with van der Waals surface area (Å²) in [4.78, 5) is 37.1. The summed E-state index contributed by atoms with van der Waals surface area (Å²) >= 11 is 0. The molecule has 2 amide bonds. The van der Waals surface area contributed by atoms with Crippen LogP contribution in [0.25, 0.3) is 11.4 Å². The van der Waals surface area contributed by atoms with Crippen molar-refractivity contribution in [3.63, 3.8) is 0 Å². The molecule has 0 spiro atoms. The van der Waals surface area contributed by atoms with E-state index in [9.17, 15) is 14.0 Å². The molecule has 9 heteroatoms. The molecule has 1 aliphatic rings. The Morgan fingerprint density at radius 1 is 1.06 bits per heavy atom. The van der Waals surface area contributed by atoms with Crippen LogP contribution in [0.3, 0.4) is 0 Å². The van der Waals surface area contributed by atoms with Gasteiger partial charge in [-0.15, -0.1) is 0 Å². The zero-order valence-electron chi connectivity index (χ0n) is 17.8. The van der Waals surface area contributed by atoms with Gasteiger partial charge in [0.15, 0.2) is 0 Å². The van der Waals surface area contributed by atoms with Gasteiger partial charge in [-0.2, -0.15) is 4.98 Å². The summed E-state index contributed by atoms with van der Waals surface area (Å²) in [6, 6.07) is 10.1. The Labute approximate surface area is 185 Å². The van der Waals surface area contributed by atoms with Crippen LogP contribution in [0.5, 0.6) is 0 Å². The van der Waals surface area contributed by atoms with Crippen LogP contribution in [0.1, 0.15) is 23.6 Å². The third-order valence-electron chi connectivity index (χ3n) is 5.48. The van der Waals surface area contributed by atoms with Crippen LogP contribution in [0.2, 0.25) is 0 Å². The van der Waals surface area contributed by atoms with Crippen molar-refractivity contribution >= 4 is 11.8 Å². The van der Waals surface area contributed by atoms with E-state index >= 15 is 0 Å². The number of hydrogen-bond acceptors (Lipinski definition) is 6. The van der Waals surface area contributed by atoms with Gasteiger partial charge in [0.05, 0.1) is 6.42 Å². The molecule has 3 heterocycles. The molecule has 0 aliphatic carbocycles. The molecular formula is C23H24FN5O3. The molecule has 2 aromatic heterocycles. The SMILES string of the molecule is Cc1cc(-c2noc(CCC(=O)N3CCN(C(=O)Cc4ccccn4)CC3)n2)ccc1F. The number of rotatable bonds is 6. The summed E-state index contributed by atoms with van der Waals surface area (Å²) in [5, 5.41) is 3.93. The quantitative estimate of drug-likeness (QED) is 0.588. The normalized spacial score (nSPS) is 13.9. The fourth-order valence-electron chi connectivity index (χ4n) is 3.60. The summed E-state index contributed by atoms with van der Waals surface area (Å²) in [5.74, 6) is 0.445. The Morgan fingerprint density at radius 3 is 2.50 bits per heavy atom. The topological polar surface area (TPSA) is 92.4 Å². The largest absolute Gasteiger partial charge is 0.339 e. The maximum atomic E-state index is 13.4. The minimum Gasteiger partial charge on any atom is -0.339 e. The van der Waals surface area contributed by atoms with Crippen LogP contribution in [-0.2, 0) is 22.4 Å². The van der Waals surface area contributed by atoms with Crippen molar-refractivity contribution in [3.05, 3.63) is 65.6 Å². The number of nitrogens with zero attached hydrogens (tertiary/aromatic N) is 5. The molecule has 0 unspecified atom stereocenters. The van der Waals surface area contributed by atoms with Gasteiger partial charge in [-0.3, -0.25) is 14.6 Å². The van der Waals surface area contributed by atoms with Gasteiger partial charge in [0.2, 0.25) is 23.5 Å². The predicted octanol–water partition coefficient (Wildman–Crippen LogP) is 2.43. The smallest absolute Gasteiger partial charge is 0.228 e. The van der Waals surface area contributed by atoms with E-state index in [4.69, 9.17) is 4.52 Å². The van der Waals surface area contributed by atoms with Gasteiger partial charge in [-0.25, -0.2) is 4.39 Å². The highest BCUT2D eigenvalue weighted by Gasteiger charge is 2.24. The summed E-state index contributed by atoms with van der Waals surface area (Å²) in [6.07, 6.45) is 2.50. The van der Waals surface area contributed by atoms with Gasteiger partial charge in [-0.1, -0.05) is 11.2 Å².